The molecule has 2 nitrogen and oxygen atoms in total. The predicted molar refractivity (Wildman–Crippen MR) is 91.7 cm³/mol. The quantitative estimate of drug-likeness (QED) is 0.785. The van der Waals surface area contributed by atoms with Gasteiger partial charge >= 0.3 is 0 Å². The summed E-state index contributed by atoms with van der Waals surface area (Å²) >= 11 is 0. The second-order valence-corrected chi connectivity index (χ2v) is 6.61. The van der Waals surface area contributed by atoms with Crippen molar-refractivity contribution >= 4 is 0 Å². The van der Waals surface area contributed by atoms with E-state index >= 15 is 0 Å². The van der Waals surface area contributed by atoms with Gasteiger partial charge in [0, 0.05) is 18.6 Å². The third-order valence-electron chi connectivity index (χ3n) is 4.85. The zero-order valence-corrected chi connectivity index (χ0v) is 14.1. The van der Waals surface area contributed by atoms with Crippen molar-refractivity contribution in [3.8, 4) is 0 Å². The lowest BCUT2D eigenvalue weighted by Crippen LogP contribution is -2.39. The summed E-state index contributed by atoms with van der Waals surface area (Å²) in [7, 11) is 2.31. The van der Waals surface area contributed by atoms with Gasteiger partial charge in [-0.3, -0.25) is 0 Å². The first-order valence-electron chi connectivity index (χ1n) is 8.71. The second kappa shape index (κ2) is 8.55. The molecule has 0 aliphatic heterocycles. The first kappa shape index (κ1) is 16.5. The van der Waals surface area contributed by atoms with E-state index < -0.39 is 0 Å². The van der Waals surface area contributed by atoms with Crippen molar-refractivity contribution in [3.05, 3.63) is 35.4 Å². The van der Waals surface area contributed by atoms with Crippen molar-refractivity contribution < 1.29 is 0 Å². The molecule has 1 saturated carbocycles. The highest BCUT2D eigenvalue weighted by Gasteiger charge is 2.20. The number of rotatable bonds is 6. The van der Waals surface area contributed by atoms with Gasteiger partial charge in [0.2, 0.25) is 0 Å². The van der Waals surface area contributed by atoms with Gasteiger partial charge in [-0.15, -0.1) is 0 Å². The van der Waals surface area contributed by atoms with E-state index in [4.69, 9.17) is 0 Å². The van der Waals surface area contributed by atoms with E-state index in [0.29, 0.717) is 6.04 Å². The Bertz CT molecular complexity index is 391. The van der Waals surface area contributed by atoms with Crippen LogP contribution in [0.3, 0.4) is 0 Å². The number of hydrogen-bond acceptors (Lipinski definition) is 2. The van der Waals surface area contributed by atoms with Crippen LogP contribution in [0.15, 0.2) is 24.3 Å². The highest BCUT2D eigenvalue weighted by molar-refractivity contribution is 5.24. The molecule has 118 valence electrons. The Hall–Kier alpha value is -0.860. The largest absolute Gasteiger partial charge is 0.309 e. The maximum atomic E-state index is 3.66. The molecule has 2 rings (SSSR count). The molecule has 1 atom stereocenters. The Balaban J connectivity index is 1.99. The minimum atomic E-state index is 0.448. The normalized spacial score (nSPS) is 18.7. The second-order valence-electron chi connectivity index (χ2n) is 6.61. The van der Waals surface area contributed by atoms with Crippen LogP contribution in [0.4, 0.5) is 0 Å². The van der Waals surface area contributed by atoms with Gasteiger partial charge in [-0.2, -0.15) is 0 Å². The van der Waals surface area contributed by atoms with E-state index in [1.807, 2.05) is 0 Å². The fraction of sp³-hybridized carbons (Fsp3) is 0.684. The van der Waals surface area contributed by atoms with Gasteiger partial charge in [-0.25, -0.2) is 0 Å². The molecule has 0 aromatic heterocycles. The molecule has 0 radical (unpaired) electrons. The molecule has 1 aliphatic rings. The number of hydrogen-bond donors (Lipinski definition) is 1. The van der Waals surface area contributed by atoms with Gasteiger partial charge in [0.1, 0.15) is 0 Å². The Morgan fingerprint density at radius 2 is 1.71 bits per heavy atom. The summed E-state index contributed by atoms with van der Waals surface area (Å²) < 4.78 is 0. The van der Waals surface area contributed by atoms with E-state index in [1.54, 1.807) is 0 Å². The van der Waals surface area contributed by atoms with Gasteiger partial charge in [-0.05, 0) is 38.9 Å². The molecule has 1 aliphatic carbocycles. The Morgan fingerprint density at radius 3 is 2.29 bits per heavy atom. The van der Waals surface area contributed by atoms with Gasteiger partial charge in [-0.1, -0.05) is 62.4 Å². The zero-order chi connectivity index (χ0) is 15.1. The molecule has 0 saturated heterocycles. The standard InChI is InChI=1S/C19H32N2/c1-4-20-19(17-13-11-16(2)12-14-17)15-21(3)18-9-7-5-6-8-10-18/h11-14,18-20H,4-10,15H2,1-3H3. The van der Waals surface area contributed by atoms with Crippen LogP contribution in [-0.4, -0.2) is 31.1 Å². The predicted octanol–water partition coefficient (Wildman–Crippen LogP) is 4.30. The van der Waals surface area contributed by atoms with E-state index in [2.05, 4.69) is 55.4 Å². The molecule has 1 fully saturated rings. The van der Waals surface area contributed by atoms with Crippen LogP contribution in [0.2, 0.25) is 0 Å². The molecule has 0 amide bonds. The van der Waals surface area contributed by atoms with Crippen molar-refractivity contribution in [3.63, 3.8) is 0 Å². The number of nitrogens with zero attached hydrogens (tertiary/aromatic N) is 1. The van der Waals surface area contributed by atoms with Gasteiger partial charge in [0.15, 0.2) is 0 Å². The van der Waals surface area contributed by atoms with Crippen molar-refractivity contribution in [1.82, 2.24) is 10.2 Å². The topological polar surface area (TPSA) is 15.3 Å². The first-order chi connectivity index (χ1) is 10.2. The Morgan fingerprint density at radius 1 is 1.10 bits per heavy atom. The smallest absolute Gasteiger partial charge is 0.0449 e. The number of likely N-dealkylation sites (N-methyl/N-ethyl adjacent to an activating group) is 2. The third kappa shape index (κ3) is 5.12. The first-order valence-corrected chi connectivity index (χ1v) is 8.71. The molecule has 0 bridgehead atoms. The fourth-order valence-electron chi connectivity index (χ4n) is 3.47. The highest BCUT2D eigenvalue weighted by Crippen LogP contribution is 2.23. The average Bonchev–Trinajstić information content (AvgIpc) is 2.77. The van der Waals surface area contributed by atoms with Crippen LogP contribution >= 0.6 is 0 Å². The van der Waals surface area contributed by atoms with Gasteiger partial charge < -0.3 is 10.2 Å². The molecular formula is C19H32N2. The SMILES string of the molecule is CCNC(CN(C)C1CCCCCC1)c1ccc(C)cc1. The summed E-state index contributed by atoms with van der Waals surface area (Å²) in [4.78, 5) is 2.60. The Kier molecular flexibility index (Phi) is 6.72. The summed E-state index contributed by atoms with van der Waals surface area (Å²) in [6, 6.07) is 10.2. The van der Waals surface area contributed by atoms with E-state index in [1.165, 1.54) is 49.7 Å². The molecule has 1 aromatic rings. The zero-order valence-electron chi connectivity index (χ0n) is 14.1. The summed E-state index contributed by atoms with van der Waals surface area (Å²) in [6.07, 6.45) is 8.43. The van der Waals surface area contributed by atoms with Crippen molar-refractivity contribution in [1.29, 1.82) is 0 Å². The van der Waals surface area contributed by atoms with Gasteiger partial charge in [0.25, 0.3) is 0 Å². The lowest BCUT2D eigenvalue weighted by molar-refractivity contribution is 0.199. The van der Waals surface area contributed by atoms with Crippen molar-refractivity contribution in [2.24, 2.45) is 0 Å². The summed E-state index contributed by atoms with van der Waals surface area (Å²) in [5.41, 5.74) is 2.76. The number of aryl methyl sites for hydroxylation is 1. The average molecular weight is 288 g/mol. The fourth-order valence-corrected chi connectivity index (χ4v) is 3.47. The van der Waals surface area contributed by atoms with Crippen LogP contribution in [0.5, 0.6) is 0 Å². The van der Waals surface area contributed by atoms with Crippen LogP contribution < -0.4 is 5.32 Å². The summed E-state index contributed by atoms with van der Waals surface area (Å²) in [5, 5.41) is 3.66. The van der Waals surface area contributed by atoms with E-state index in [9.17, 15) is 0 Å². The number of benzene rings is 1. The van der Waals surface area contributed by atoms with Crippen molar-refractivity contribution in [2.45, 2.75) is 64.5 Å². The molecule has 0 spiro atoms. The lowest BCUT2D eigenvalue weighted by Gasteiger charge is -2.31. The van der Waals surface area contributed by atoms with Gasteiger partial charge in [0.05, 0.1) is 0 Å². The van der Waals surface area contributed by atoms with Crippen LogP contribution in [-0.2, 0) is 0 Å². The van der Waals surface area contributed by atoms with E-state index in [0.717, 1.165) is 19.1 Å². The molecule has 0 heterocycles. The molecule has 1 N–H and O–H groups in total. The third-order valence-corrected chi connectivity index (χ3v) is 4.85. The van der Waals surface area contributed by atoms with Crippen molar-refractivity contribution in [2.75, 3.05) is 20.1 Å². The maximum Gasteiger partial charge on any atom is 0.0449 e. The summed E-state index contributed by atoms with van der Waals surface area (Å²) in [5.74, 6) is 0. The minimum Gasteiger partial charge on any atom is -0.309 e. The van der Waals surface area contributed by atoms with Crippen LogP contribution in [0, 0.1) is 6.92 Å². The Labute approximate surface area is 130 Å². The monoisotopic (exact) mass is 288 g/mol. The molecule has 1 unspecified atom stereocenters. The highest BCUT2D eigenvalue weighted by atomic mass is 15.2. The molecule has 21 heavy (non-hydrogen) atoms. The molecule has 1 aromatic carbocycles. The summed E-state index contributed by atoms with van der Waals surface area (Å²) in [6.45, 7) is 6.50. The van der Waals surface area contributed by atoms with E-state index in [-0.39, 0.29) is 0 Å². The minimum absolute atomic E-state index is 0.448. The lowest BCUT2D eigenvalue weighted by atomic mass is 10.0. The number of nitrogens with one attached hydrogen (secondary N) is 1. The maximum absolute atomic E-state index is 3.66. The molecule has 2 heteroatoms. The van der Waals surface area contributed by atoms with Crippen LogP contribution in [0.1, 0.15) is 62.6 Å². The molecular weight excluding hydrogens is 256 g/mol. The van der Waals surface area contributed by atoms with Crippen LogP contribution in [0.25, 0.3) is 0 Å².